The summed E-state index contributed by atoms with van der Waals surface area (Å²) in [6.07, 6.45) is -0.0307. The predicted octanol–water partition coefficient (Wildman–Crippen LogP) is 6.51. The first-order valence-corrected chi connectivity index (χ1v) is 12.8. The number of hydrogen-bond acceptors (Lipinski definition) is 12. The highest BCUT2D eigenvalue weighted by molar-refractivity contribution is 5.89. The molecule has 0 spiro atoms. The van der Waals surface area contributed by atoms with Crippen LogP contribution in [-0.4, -0.2) is 37.5 Å². The molecule has 0 bridgehead atoms. The average molecular weight is 563 g/mol. The van der Waals surface area contributed by atoms with Crippen LogP contribution in [0, 0.1) is 0 Å². The number of ether oxygens (including phenoxy) is 2. The monoisotopic (exact) mass is 562 g/mol. The number of carbonyl (C=O) groups excluding carboxylic acids is 4. The molecule has 12 nitrogen and oxygen atoms in total. The molecule has 0 unspecified atom stereocenters. The van der Waals surface area contributed by atoms with E-state index >= 15 is 0 Å². The fourth-order valence-electron chi connectivity index (χ4n) is 3.17. The zero-order chi connectivity index (χ0) is 29.3. The van der Waals surface area contributed by atoms with Crippen molar-refractivity contribution in [1.29, 1.82) is 0 Å². The van der Waals surface area contributed by atoms with Gasteiger partial charge in [-0.2, -0.15) is 0 Å². The molecule has 218 valence electrons. The molecule has 0 atom stereocenters. The Morgan fingerprint density at radius 1 is 0.525 bits per heavy atom. The fraction of sp³-hybridized carbons (Fsp3) is 0.429. The van der Waals surface area contributed by atoms with Gasteiger partial charge in [-0.3, -0.25) is 9.78 Å². The molecular formula is C28H34O12. The number of benzene rings is 2. The molecule has 0 heterocycles. The molecule has 0 fully saturated rings. The minimum atomic E-state index is -1.16. The average Bonchev–Trinajstić information content (AvgIpc) is 2.94. The number of rotatable bonds is 15. The van der Waals surface area contributed by atoms with Gasteiger partial charge in [0.05, 0.1) is 34.4 Å². The Balaban J connectivity index is 1.43. The van der Waals surface area contributed by atoms with Gasteiger partial charge in [0.25, 0.3) is 0 Å². The maximum absolute atomic E-state index is 11.8. The topological polar surface area (TPSA) is 142 Å². The second-order valence-corrected chi connectivity index (χ2v) is 9.21. The zero-order valence-corrected chi connectivity index (χ0v) is 22.9. The first-order chi connectivity index (χ1) is 19.2. The Labute approximate surface area is 232 Å². The van der Waals surface area contributed by atoms with Crippen LogP contribution in [0.15, 0.2) is 48.5 Å². The lowest BCUT2D eigenvalue weighted by molar-refractivity contribution is -0.452. The van der Waals surface area contributed by atoms with E-state index in [0.717, 1.165) is 11.1 Å². The van der Waals surface area contributed by atoms with Gasteiger partial charge in [-0.05, 0) is 72.9 Å². The van der Waals surface area contributed by atoms with Crippen LogP contribution in [0.3, 0.4) is 0 Å². The van der Waals surface area contributed by atoms with E-state index in [1.165, 1.54) is 0 Å². The molecule has 0 saturated heterocycles. The summed E-state index contributed by atoms with van der Waals surface area (Å²) < 4.78 is 9.57. The Hall–Kier alpha value is -4.16. The molecule has 0 aliphatic carbocycles. The highest BCUT2D eigenvalue weighted by atomic mass is 17.5. The zero-order valence-electron chi connectivity index (χ0n) is 22.9. The van der Waals surface area contributed by atoms with Gasteiger partial charge in [-0.15, -0.1) is 0 Å². The van der Waals surface area contributed by atoms with Crippen LogP contribution in [0.2, 0.25) is 0 Å². The fourth-order valence-corrected chi connectivity index (χ4v) is 3.17. The Morgan fingerprint density at radius 2 is 0.875 bits per heavy atom. The summed E-state index contributed by atoms with van der Waals surface area (Å²) in [5, 5.41) is 8.35. The van der Waals surface area contributed by atoms with Gasteiger partial charge in [-0.1, -0.05) is 52.0 Å². The summed E-state index contributed by atoms with van der Waals surface area (Å²) in [7, 11) is 0. The van der Waals surface area contributed by atoms with E-state index in [4.69, 9.17) is 9.47 Å². The van der Waals surface area contributed by atoms with Crippen LogP contribution in [0.5, 0.6) is 0 Å². The molecule has 0 aromatic heterocycles. The third-order valence-corrected chi connectivity index (χ3v) is 5.53. The standard InChI is InChI=1S/C28H34O12/c1-19(2)21-9-13-23(14-10-21)25(29)35-39-37-27(31)33-17-7-5-6-8-18-34-28(32)38-40-36-26(30)24-15-11-22(12-16-24)20(3)4/h9-16,19-20H,5-8,17-18H2,1-4H3. The van der Waals surface area contributed by atoms with Crippen molar-refractivity contribution in [3.63, 3.8) is 0 Å². The molecule has 40 heavy (non-hydrogen) atoms. The second kappa shape index (κ2) is 17.4. The van der Waals surface area contributed by atoms with Crippen molar-refractivity contribution in [2.24, 2.45) is 0 Å². The Kier molecular flexibility index (Phi) is 14.0. The van der Waals surface area contributed by atoms with Crippen LogP contribution in [-0.2, 0) is 39.1 Å². The van der Waals surface area contributed by atoms with E-state index in [9.17, 15) is 19.2 Å². The maximum atomic E-state index is 11.8. The van der Waals surface area contributed by atoms with E-state index in [1.807, 2.05) is 27.7 Å². The van der Waals surface area contributed by atoms with Crippen molar-refractivity contribution in [1.82, 2.24) is 0 Å². The van der Waals surface area contributed by atoms with Crippen LogP contribution < -0.4 is 0 Å². The highest BCUT2D eigenvalue weighted by Gasteiger charge is 2.14. The van der Waals surface area contributed by atoms with Crippen molar-refractivity contribution in [2.75, 3.05) is 13.2 Å². The van der Waals surface area contributed by atoms with Crippen LogP contribution in [0.4, 0.5) is 9.59 Å². The van der Waals surface area contributed by atoms with Crippen molar-refractivity contribution in [3.8, 4) is 0 Å². The lowest BCUT2D eigenvalue weighted by Crippen LogP contribution is -2.13. The summed E-state index contributed by atoms with van der Waals surface area (Å²) in [6.45, 7) is 8.18. The number of unbranched alkanes of at least 4 members (excludes halogenated alkanes) is 3. The molecule has 0 radical (unpaired) electrons. The SMILES string of the molecule is CC(C)c1ccc(C(=O)OOOC(=O)OCCCCCCOC(=O)OOOC(=O)c2ccc(C(C)C)cc2)cc1. The van der Waals surface area contributed by atoms with Crippen molar-refractivity contribution in [3.05, 3.63) is 70.8 Å². The lowest BCUT2D eigenvalue weighted by atomic mass is 10.0. The van der Waals surface area contributed by atoms with E-state index in [2.05, 4.69) is 29.6 Å². The van der Waals surface area contributed by atoms with Crippen LogP contribution in [0.25, 0.3) is 0 Å². The van der Waals surface area contributed by atoms with Gasteiger partial charge in [0.1, 0.15) is 0 Å². The van der Waals surface area contributed by atoms with Gasteiger partial charge in [-0.25, -0.2) is 29.0 Å². The largest absolute Gasteiger partial charge is 0.543 e. The number of hydrogen-bond donors (Lipinski definition) is 0. The molecule has 0 amide bonds. The summed E-state index contributed by atoms with van der Waals surface area (Å²) in [6, 6.07) is 13.5. The Morgan fingerprint density at radius 3 is 1.20 bits per heavy atom. The van der Waals surface area contributed by atoms with Crippen molar-refractivity contribution < 1.29 is 58.3 Å². The van der Waals surface area contributed by atoms with Crippen LogP contribution >= 0.6 is 0 Å². The minimum absolute atomic E-state index is 0.0368. The first-order valence-electron chi connectivity index (χ1n) is 12.8. The van der Waals surface area contributed by atoms with E-state index in [0.29, 0.717) is 37.5 Å². The van der Waals surface area contributed by atoms with Gasteiger partial charge < -0.3 is 9.47 Å². The molecule has 0 aliphatic heterocycles. The molecule has 2 rings (SSSR count). The smallest absolute Gasteiger partial charge is 0.432 e. The molecule has 2 aromatic carbocycles. The summed E-state index contributed by atoms with van der Waals surface area (Å²) in [4.78, 5) is 63.9. The third kappa shape index (κ3) is 12.1. The van der Waals surface area contributed by atoms with E-state index in [-0.39, 0.29) is 24.3 Å². The molecule has 0 aliphatic rings. The Bertz CT molecular complexity index is 990. The van der Waals surface area contributed by atoms with Crippen molar-refractivity contribution in [2.45, 2.75) is 65.2 Å². The summed E-state index contributed by atoms with van der Waals surface area (Å²) in [5.74, 6) is -1.02. The maximum Gasteiger partial charge on any atom is 0.543 e. The normalized spacial score (nSPS) is 10.7. The molecule has 0 N–H and O–H groups in total. The predicted molar refractivity (Wildman–Crippen MR) is 137 cm³/mol. The number of carbonyl (C=O) groups is 4. The van der Waals surface area contributed by atoms with E-state index < -0.39 is 24.2 Å². The lowest BCUT2D eigenvalue weighted by Gasteiger charge is -2.07. The van der Waals surface area contributed by atoms with Gasteiger partial charge in [0, 0.05) is 0 Å². The minimum Gasteiger partial charge on any atom is -0.432 e. The second-order valence-electron chi connectivity index (χ2n) is 9.21. The highest BCUT2D eigenvalue weighted by Crippen LogP contribution is 2.16. The quantitative estimate of drug-likeness (QED) is 0.101. The summed E-state index contributed by atoms with van der Waals surface area (Å²) in [5.41, 5.74) is 2.58. The van der Waals surface area contributed by atoms with Crippen molar-refractivity contribution >= 4 is 24.2 Å². The molecule has 0 saturated carbocycles. The molecule has 2 aromatic rings. The summed E-state index contributed by atoms with van der Waals surface area (Å²) >= 11 is 0. The van der Waals surface area contributed by atoms with Crippen LogP contribution in [0.1, 0.15) is 97.1 Å². The molecule has 12 heteroatoms. The van der Waals surface area contributed by atoms with E-state index in [1.54, 1.807) is 48.5 Å². The first kappa shape index (κ1) is 32.1. The molecular weight excluding hydrogens is 528 g/mol. The third-order valence-electron chi connectivity index (χ3n) is 5.53. The van der Waals surface area contributed by atoms with Gasteiger partial charge in [0.15, 0.2) is 0 Å². The van der Waals surface area contributed by atoms with Gasteiger partial charge in [0.2, 0.25) is 0 Å². The van der Waals surface area contributed by atoms with Gasteiger partial charge >= 0.3 is 24.2 Å².